The summed E-state index contributed by atoms with van der Waals surface area (Å²) in [4.78, 5) is 3.22. The Kier molecular flexibility index (Phi) is 3.70. The fourth-order valence-electron chi connectivity index (χ4n) is 2.52. The lowest BCUT2D eigenvalue weighted by Crippen LogP contribution is -1.93. The molecular weight excluding hydrogens is 330 g/mol. The number of hydrogen-bond acceptors (Lipinski definition) is 4. The minimum absolute atomic E-state index is 0.172. The number of nitrogens with zero attached hydrogens (tertiary/aromatic N) is 2. The maximum Gasteiger partial charge on any atom is 0.210 e. The van der Waals surface area contributed by atoms with Gasteiger partial charge in [-0.15, -0.1) is 10.2 Å². The molecule has 0 aliphatic carbocycles. The van der Waals surface area contributed by atoms with E-state index < -0.39 is 11.6 Å². The van der Waals surface area contributed by atoms with Gasteiger partial charge in [-0.3, -0.25) is 0 Å². The number of aromatic nitrogens is 3. The Balaban J connectivity index is 1.54. The van der Waals surface area contributed by atoms with Gasteiger partial charge in [0.25, 0.3) is 0 Å². The minimum Gasteiger partial charge on any atom is -0.361 e. The van der Waals surface area contributed by atoms with E-state index in [4.69, 9.17) is 0 Å². The summed E-state index contributed by atoms with van der Waals surface area (Å²) in [6, 6.07) is 11.4. The summed E-state index contributed by atoms with van der Waals surface area (Å²) in [5.74, 6) is -1.28. The topological polar surface area (TPSA) is 53.6 Å². The summed E-state index contributed by atoms with van der Waals surface area (Å²) in [5, 5.41) is 13.4. The van der Waals surface area contributed by atoms with Crippen LogP contribution in [0, 0.1) is 11.6 Å². The van der Waals surface area contributed by atoms with Crippen molar-refractivity contribution in [2.45, 2.75) is 6.42 Å². The standard InChI is InChI=1S/C17H12F2N4S/c18-11-5-6-15(13(19)8-11)21-17-23-22-16(24-17)7-10-9-20-14-4-2-1-3-12(10)14/h1-6,8-9,20H,7H2,(H,21,23). The Morgan fingerprint density at radius 3 is 2.83 bits per heavy atom. The van der Waals surface area contributed by atoms with E-state index in [-0.39, 0.29) is 5.69 Å². The van der Waals surface area contributed by atoms with Gasteiger partial charge in [0, 0.05) is 29.6 Å². The van der Waals surface area contributed by atoms with Gasteiger partial charge in [0.15, 0.2) is 0 Å². The molecule has 4 aromatic rings. The van der Waals surface area contributed by atoms with Crippen molar-refractivity contribution in [2.24, 2.45) is 0 Å². The van der Waals surface area contributed by atoms with Crippen molar-refractivity contribution in [1.82, 2.24) is 15.2 Å². The molecule has 0 saturated carbocycles. The Hall–Kier alpha value is -2.80. The highest BCUT2D eigenvalue weighted by Crippen LogP contribution is 2.26. The molecule has 0 unspecified atom stereocenters. The van der Waals surface area contributed by atoms with E-state index >= 15 is 0 Å². The average Bonchev–Trinajstić information content (AvgIpc) is 3.18. The molecule has 0 fully saturated rings. The monoisotopic (exact) mass is 342 g/mol. The van der Waals surface area contributed by atoms with Gasteiger partial charge >= 0.3 is 0 Å². The second-order valence-corrected chi connectivity index (χ2v) is 6.35. The summed E-state index contributed by atoms with van der Waals surface area (Å²) in [7, 11) is 0. The van der Waals surface area contributed by atoms with Crippen LogP contribution in [0.4, 0.5) is 19.6 Å². The third-order valence-electron chi connectivity index (χ3n) is 3.66. The third-order valence-corrected chi connectivity index (χ3v) is 4.49. The van der Waals surface area contributed by atoms with Gasteiger partial charge in [-0.25, -0.2) is 8.78 Å². The van der Waals surface area contributed by atoms with Gasteiger partial charge in [-0.2, -0.15) is 0 Å². The van der Waals surface area contributed by atoms with Crippen LogP contribution >= 0.6 is 11.3 Å². The van der Waals surface area contributed by atoms with Gasteiger partial charge < -0.3 is 10.3 Å². The maximum atomic E-state index is 13.7. The molecule has 4 nitrogen and oxygen atoms in total. The molecule has 0 atom stereocenters. The first kappa shape index (κ1) is 14.8. The molecule has 0 saturated heterocycles. The smallest absolute Gasteiger partial charge is 0.210 e. The highest BCUT2D eigenvalue weighted by atomic mass is 32.1. The lowest BCUT2D eigenvalue weighted by molar-refractivity contribution is 0.586. The van der Waals surface area contributed by atoms with Crippen LogP contribution in [-0.2, 0) is 6.42 Å². The van der Waals surface area contributed by atoms with Gasteiger partial charge in [0.1, 0.15) is 16.6 Å². The van der Waals surface area contributed by atoms with Crippen molar-refractivity contribution in [2.75, 3.05) is 5.32 Å². The molecule has 0 aliphatic rings. The zero-order valence-corrected chi connectivity index (χ0v) is 13.2. The molecule has 4 rings (SSSR count). The fourth-order valence-corrected chi connectivity index (χ4v) is 3.30. The van der Waals surface area contributed by atoms with Crippen molar-refractivity contribution in [1.29, 1.82) is 0 Å². The third kappa shape index (κ3) is 2.85. The molecule has 0 spiro atoms. The van der Waals surface area contributed by atoms with Gasteiger partial charge in [0.05, 0.1) is 5.69 Å². The lowest BCUT2D eigenvalue weighted by atomic mass is 10.1. The van der Waals surface area contributed by atoms with E-state index in [2.05, 4.69) is 26.6 Å². The first-order chi connectivity index (χ1) is 11.7. The van der Waals surface area contributed by atoms with E-state index in [9.17, 15) is 8.78 Å². The van der Waals surface area contributed by atoms with Gasteiger partial charge in [0.2, 0.25) is 5.13 Å². The van der Waals surface area contributed by atoms with Crippen LogP contribution in [-0.4, -0.2) is 15.2 Å². The number of benzene rings is 2. The molecule has 24 heavy (non-hydrogen) atoms. The highest BCUT2D eigenvalue weighted by molar-refractivity contribution is 7.15. The molecule has 2 aromatic heterocycles. The molecule has 2 heterocycles. The SMILES string of the molecule is Fc1ccc(Nc2nnc(Cc3c[nH]c4ccccc34)s2)c(F)c1. The first-order valence-electron chi connectivity index (χ1n) is 7.28. The average molecular weight is 342 g/mol. The Morgan fingerprint density at radius 1 is 1.08 bits per heavy atom. The molecule has 7 heteroatoms. The van der Waals surface area contributed by atoms with E-state index in [1.807, 2.05) is 24.4 Å². The number of H-pyrrole nitrogens is 1. The van der Waals surface area contributed by atoms with Crippen LogP contribution in [0.3, 0.4) is 0 Å². The number of fused-ring (bicyclic) bond motifs is 1. The van der Waals surface area contributed by atoms with E-state index in [1.165, 1.54) is 23.5 Å². The second-order valence-electron chi connectivity index (χ2n) is 5.29. The molecule has 0 radical (unpaired) electrons. The Morgan fingerprint density at radius 2 is 1.96 bits per heavy atom. The largest absolute Gasteiger partial charge is 0.361 e. The molecule has 0 aliphatic heterocycles. The van der Waals surface area contributed by atoms with Crippen LogP contribution in [0.1, 0.15) is 10.6 Å². The van der Waals surface area contributed by atoms with Crippen molar-refractivity contribution >= 4 is 33.1 Å². The summed E-state index contributed by atoms with van der Waals surface area (Å²) >= 11 is 1.34. The molecule has 120 valence electrons. The van der Waals surface area contributed by atoms with Crippen LogP contribution < -0.4 is 5.32 Å². The molecule has 2 aromatic carbocycles. The lowest BCUT2D eigenvalue weighted by Gasteiger charge is -2.02. The van der Waals surface area contributed by atoms with Gasteiger partial charge in [-0.05, 0) is 23.8 Å². The van der Waals surface area contributed by atoms with Crippen LogP contribution in [0.15, 0.2) is 48.7 Å². The zero-order chi connectivity index (χ0) is 16.5. The predicted octanol–water partition coefficient (Wildman–Crippen LogP) is 4.63. The zero-order valence-electron chi connectivity index (χ0n) is 12.4. The van der Waals surface area contributed by atoms with Crippen molar-refractivity contribution in [3.63, 3.8) is 0 Å². The second kappa shape index (κ2) is 6.01. The molecule has 2 N–H and O–H groups in total. The van der Waals surface area contributed by atoms with Crippen molar-refractivity contribution in [3.8, 4) is 0 Å². The highest BCUT2D eigenvalue weighted by Gasteiger charge is 2.11. The number of hydrogen-bond donors (Lipinski definition) is 2. The summed E-state index contributed by atoms with van der Waals surface area (Å²) in [5.41, 5.74) is 2.37. The summed E-state index contributed by atoms with van der Waals surface area (Å²) < 4.78 is 26.6. The number of rotatable bonds is 4. The quantitative estimate of drug-likeness (QED) is 0.568. The number of aromatic amines is 1. The number of para-hydroxylation sites is 1. The summed E-state index contributed by atoms with van der Waals surface area (Å²) in [6.45, 7) is 0. The Labute approximate surface area is 140 Å². The molecule has 0 amide bonds. The van der Waals surface area contributed by atoms with E-state index in [1.54, 1.807) is 0 Å². The van der Waals surface area contributed by atoms with E-state index in [0.29, 0.717) is 11.6 Å². The fraction of sp³-hybridized carbons (Fsp3) is 0.0588. The molecule has 0 bridgehead atoms. The Bertz CT molecular complexity index is 1010. The number of halogens is 2. The number of nitrogens with one attached hydrogen (secondary N) is 2. The molecular formula is C17H12F2N4S. The first-order valence-corrected chi connectivity index (χ1v) is 8.10. The maximum absolute atomic E-state index is 13.7. The van der Waals surface area contributed by atoms with Crippen LogP contribution in [0.25, 0.3) is 10.9 Å². The minimum atomic E-state index is -0.664. The van der Waals surface area contributed by atoms with Crippen LogP contribution in [0.2, 0.25) is 0 Å². The van der Waals surface area contributed by atoms with Gasteiger partial charge in [-0.1, -0.05) is 29.5 Å². The predicted molar refractivity (Wildman–Crippen MR) is 90.7 cm³/mol. The van der Waals surface area contributed by atoms with E-state index in [0.717, 1.165) is 27.5 Å². The van der Waals surface area contributed by atoms with Crippen molar-refractivity contribution < 1.29 is 8.78 Å². The normalized spacial score (nSPS) is 11.1. The summed E-state index contributed by atoms with van der Waals surface area (Å²) in [6.07, 6.45) is 2.59. The number of anilines is 2. The van der Waals surface area contributed by atoms with Crippen LogP contribution in [0.5, 0.6) is 0 Å². The van der Waals surface area contributed by atoms with Crippen molar-refractivity contribution in [3.05, 3.63) is 70.9 Å².